The number of carbonyl (C=O) groups excluding carboxylic acids is 1. The number of benzene rings is 1. The summed E-state index contributed by atoms with van der Waals surface area (Å²) >= 11 is 2.87. The molecular formula is C10H10BrF2NO2. The number of anilines is 1. The molecule has 1 aromatic rings. The lowest BCUT2D eigenvalue weighted by atomic mass is 10.3. The number of rotatable bonds is 4. The zero-order valence-electron chi connectivity index (χ0n) is 8.52. The third-order valence-corrected chi connectivity index (χ3v) is 2.49. The van der Waals surface area contributed by atoms with E-state index in [-0.39, 0.29) is 23.1 Å². The molecule has 0 amide bonds. The van der Waals surface area contributed by atoms with Gasteiger partial charge in [0.2, 0.25) is 0 Å². The van der Waals surface area contributed by atoms with Crippen molar-refractivity contribution in [1.82, 2.24) is 0 Å². The summed E-state index contributed by atoms with van der Waals surface area (Å²) in [6.45, 7) is 0.185. The van der Waals surface area contributed by atoms with Crippen molar-refractivity contribution in [3.05, 3.63) is 28.2 Å². The van der Waals surface area contributed by atoms with Crippen LogP contribution in [0.1, 0.15) is 6.42 Å². The Labute approximate surface area is 99.9 Å². The zero-order chi connectivity index (χ0) is 12.1. The molecule has 0 radical (unpaired) electrons. The Morgan fingerprint density at radius 1 is 1.44 bits per heavy atom. The number of carbonyl (C=O) groups is 1. The molecule has 0 fully saturated rings. The molecule has 0 saturated carbocycles. The van der Waals surface area contributed by atoms with Gasteiger partial charge in [0.25, 0.3) is 0 Å². The molecular weight excluding hydrogens is 284 g/mol. The fourth-order valence-corrected chi connectivity index (χ4v) is 1.37. The number of nitrogens with one attached hydrogen (secondary N) is 1. The SMILES string of the molecule is COC(=O)CCNc1cc(F)c(Br)cc1F. The van der Waals surface area contributed by atoms with E-state index in [0.717, 1.165) is 12.1 Å². The Balaban J connectivity index is 2.60. The van der Waals surface area contributed by atoms with Crippen LogP contribution in [0.25, 0.3) is 0 Å². The minimum absolute atomic E-state index is 0.0182. The van der Waals surface area contributed by atoms with E-state index < -0.39 is 17.6 Å². The Morgan fingerprint density at radius 3 is 2.75 bits per heavy atom. The second-order valence-corrected chi connectivity index (χ2v) is 3.85. The van der Waals surface area contributed by atoms with Crippen LogP contribution >= 0.6 is 15.9 Å². The lowest BCUT2D eigenvalue weighted by Gasteiger charge is -2.07. The van der Waals surface area contributed by atoms with Crippen molar-refractivity contribution < 1.29 is 18.3 Å². The summed E-state index contributed by atoms with van der Waals surface area (Å²) in [6.07, 6.45) is 0.0909. The van der Waals surface area contributed by atoms with Gasteiger partial charge in [-0.05, 0) is 22.0 Å². The fourth-order valence-electron chi connectivity index (χ4n) is 1.06. The van der Waals surface area contributed by atoms with E-state index in [1.54, 1.807) is 0 Å². The van der Waals surface area contributed by atoms with Gasteiger partial charge in [-0.1, -0.05) is 0 Å². The average molecular weight is 294 g/mol. The van der Waals surface area contributed by atoms with Gasteiger partial charge in [0.05, 0.1) is 23.7 Å². The molecule has 0 aliphatic rings. The maximum atomic E-state index is 13.3. The van der Waals surface area contributed by atoms with Crippen molar-refractivity contribution in [2.75, 3.05) is 19.0 Å². The van der Waals surface area contributed by atoms with Crippen molar-refractivity contribution in [3.63, 3.8) is 0 Å². The van der Waals surface area contributed by atoms with Crippen molar-refractivity contribution in [2.24, 2.45) is 0 Å². The second kappa shape index (κ2) is 5.79. The molecule has 1 aromatic carbocycles. The summed E-state index contributed by atoms with van der Waals surface area (Å²) in [7, 11) is 1.27. The molecule has 0 unspecified atom stereocenters. The third-order valence-electron chi connectivity index (χ3n) is 1.88. The molecule has 0 atom stereocenters. The van der Waals surface area contributed by atoms with Crippen LogP contribution in [0.4, 0.5) is 14.5 Å². The van der Waals surface area contributed by atoms with Crippen LogP contribution < -0.4 is 5.32 Å². The standard InChI is InChI=1S/C10H10BrF2NO2/c1-16-10(15)2-3-14-9-5-7(12)6(11)4-8(9)13/h4-5,14H,2-3H2,1H3. The maximum absolute atomic E-state index is 13.3. The van der Waals surface area contributed by atoms with Gasteiger partial charge in [0.1, 0.15) is 11.6 Å². The minimum atomic E-state index is -0.585. The predicted octanol–water partition coefficient (Wildman–Crippen LogP) is 2.70. The molecule has 0 bridgehead atoms. The monoisotopic (exact) mass is 293 g/mol. The van der Waals surface area contributed by atoms with E-state index in [1.807, 2.05) is 0 Å². The van der Waals surface area contributed by atoms with Gasteiger partial charge in [-0.15, -0.1) is 0 Å². The Kier molecular flexibility index (Phi) is 4.67. The van der Waals surface area contributed by atoms with Crippen LogP contribution in [0.2, 0.25) is 0 Å². The topological polar surface area (TPSA) is 38.3 Å². The number of hydrogen-bond acceptors (Lipinski definition) is 3. The molecule has 6 heteroatoms. The molecule has 0 spiro atoms. The quantitative estimate of drug-likeness (QED) is 0.685. The van der Waals surface area contributed by atoms with Gasteiger partial charge in [-0.25, -0.2) is 8.78 Å². The summed E-state index contributed by atoms with van der Waals surface area (Å²) in [5.41, 5.74) is 0.0182. The summed E-state index contributed by atoms with van der Waals surface area (Å²) in [5, 5.41) is 2.61. The van der Waals surface area contributed by atoms with Crippen LogP contribution in [-0.2, 0) is 9.53 Å². The minimum Gasteiger partial charge on any atom is -0.469 e. The van der Waals surface area contributed by atoms with Crippen LogP contribution in [0.3, 0.4) is 0 Å². The Bertz CT molecular complexity index is 399. The van der Waals surface area contributed by atoms with Crippen LogP contribution in [0.15, 0.2) is 16.6 Å². The van der Waals surface area contributed by atoms with Gasteiger partial charge in [0.15, 0.2) is 0 Å². The first-order chi connectivity index (χ1) is 7.54. The van der Waals surface area contributed by atoms with E-state index in [9.17, 15) is 13.6 Å². The van der Waals surface area contributed by atoms with Gasteiger partial charge in [0, 0.05) is 12.6 Å². The van der Waals surface area contributed by atoms with Crippen molar-refractivity contribution in [1.29, 1.82) is 0 Å². The maximum Gasteiger partial charge on any atom is 0.307 e. The predicted molar refractivity (Wildman–Crippen MR) is 59.2 cm³/mol. The smallest absolute Gasteiger partial charge is 0.307 e. The van der Waals surface area contributed by atoms with E-state index >= 15 is 0 Å². The summed E-state index contributed by atoms with van der Waals surface area (Å²) in [5.74, 6) is -1.56. The molecule has 0 heterocycles. The van der Waals surface area contributed by atoms with E-state index in [2.05, 4.69) is 26.0 Å². The number of methoxy groups -OCH3 is 1. The number of hydrogen-bond donors (Lipinski definition) is 1. The number of esters is 1. The highest BCUT2D eigenvalue weighted by Crippen LogP contribution is 2.23. The summed E-state index contributed by atoms with van der Waals surface area (Å²) < 4.78 is 30.8. The van der Waals surface area contributed by atoms with Gasteiger partial charge < -0.3 is 10.1 Å². The highest BCUT2D eigenvalue weighted by atomic mass is 79.9. The van der Waals surface area contributed by atoms with Crippen LogP contribution in [0.5, 0.6) is 0 Å². The largest absolute Gasteiger partial charge is 0.469 e. The van der Waals surface area contributed by atoms with Crippen LogP contribution in [0, 0.1) is 11.6 Å². The lowest BCUT2D eigenvalue weighted by molar-refractivity contribution is -0.140. The molecule has 3 nitrogen and oxygen atoms in total. The summed E-state index contributed by atoms with van der Waals surface area (Å²) in [6, 6.07) is 2.05. The Morgan fingerprint density at radius 2 is 2.12 bits per heavy atom. The van der Waals surface area contributed by atoms with Crippen molar-refractivity contribution in [3.8, 4) is 0 Å². The molecule has 1 rings (SSSR count). The zero-order valence-corrected chi connectivity index (χ0v) is 10.1. The van der Waals surface area contributed by atoms with Crippen LogP contribution in [-0.4, -0.2) is 19.6 Å². The average Bonchev–Trinajstić information content (AvgIpc) is 2.25. The lowest BCUT2D eigenvalue weighted by Crippen LogP contribution is -2.10. The van der Waals surface area contributed by atoms with E-state index in [0.29, 0.717) is 0 Å². The van der Waals surface area contributed by atoms with Crippen molar-refractivity contribution >= 4 is 27.6 Å². The first-order valence-corrected chi connectivity index (χ1v) is 5.29. The molecule has 0 aliphatic carbocycles. The van der Waals surface area contributed by atoms with Crippen molar-refractivity contribution in [2.45, 2.75) is 6.42 Å². The highest BCUT2D eigenvalue weighted by Gasteiger charge is 2.08. The second-order valence-electron chi connectivity index (χ2n) is 3.00. The molecule has 0 saturated heterocycles. The van der Waals surface area contributed by atoms with E-state index in [1.165, 1.54) is 7.11 Å². The molecule has 0 aliphatic heterocycles. The summed E-state index contributed by atoms with van der Waals surface area (Å²) in [4.78, 5) is 10.8. The normalized spacial score (nSPS) is 10.0. The molecule has 0 aromatic heterocycles. The third kappa shape index (κ3) is 3.44. The molecule has 16 heavy (non-hydrogen) atoms. The Hall–Kier alpha value is -1.17. The molecule has 88 valence electrons. The van der Waals surface area contributed by atoms with Gasteiger partial charge in [-0.2, -0.15) is 0 Å². The molecule has 1 N–H and O–H groups in total. The van der Waals surface area contributed by atoms with E-state index in [4.69, 9.17) is 0 Å². The first-order valence-electron chi connectivity index (χ1n) is 4.50. The van der Waals surface area contributed by atoms with Gasteiger partial charge >= 0.3 is 5.97 Å². The van der Waals surface area contributed by atoms with Gasteiger partial charge in [-0.3, -0.25) is 4.79 Å². The first kappa shape index (κ1) is 12.9. The highest BCUT2D eigenvalue weighted by molar-refractivity contribution is 9.10. The fraction of sp³-hybridized carbons (Fsp3) is 0.300. The number of ether oxygens (including phenoxy) is 1. The number of halogens is 3.